The Balaban J connectivity index is 2.21. The summed E-state index contributed by atoms with van der Waals surface area (Å²) < 4.78 is 0. The fourth-order valence-electron chi connectivity index (χ4n) is 1.44. The Morgan fingerprint density at radius 2 is 2.29 bits per heavy atom. The van der Waals surface area contributed by atoms with Crippen LogP contribution in [0.25, 0.3) is 0 Å². The lowest BCUT2D eigenvalue weighted by molar-refractivity contribution is 0.0953. The quantitative estimate of drug-likeness (QED) is 0.729. The van der Waals surface area contributed by atoms with Crippen LogP contribution in [0.5, 0.6) is 0 Å². The number of pyridine rings is 1. The van der Waals surface area contributed by atoms with E-state index in [1.807, 2.05) is 11.8 Å². The van der Waals surface area contributed by atoms with E-state index in [0.717, 1.165) is 19.4 Å². The molecule has 0 saturated carbocycles. The first-order valence-electron chi connectivity index (χ1n) is 5.72. The molecular formula is C12H19N3OS. The SMILES string of the molecule is CSCCCCCNC(=O)c1ccnc(N)c1. The molecule has 1 aromatic heterocycles. The number of carbonyl (C=O) groups excluding carboxylic acids is 1. The second kappa shape index (κ2) is 7.95. The zero-order valence-electron chi connectivity index (χ0n) is 10.1. The summed E-state index contributed by atoms with van der Waals surface area (Å²) in [5.41, 5.74) is 6.08. The number of aromatic nitrogens is 1. The average Bonchev–Trinajstić information content (AvgIpc) is 2.33. The summed E-state index contributed by atoms with van der Waals surface area (Å²) in [6.07, 6.45) is 7.03. The van der Waals surface area contributed by atoms with Crippen LogP contribution in [0.2, 0.25) is 0 Å². The molecule has 0 atom stereocenters. The van der Waals surface area contributed by atoms with E-state index in [2.05, 4.69) is 16.6 Å². The van der Waals surface area contributed by atoms with Crippen molar-refractivity contribution in [3.05, 3.63) is 23.9 Å². The van der Waals surface area contributed by atoms with Gasteiger partial charge in [0.05, 0.1) is 0 Å². The smallest absolute Gasteiger partial charge is 0.251 e. The van der Waals surface area contributed by atoms with E-state index in [4.69, 9.17) is 5.73 Å². The first-order chi connectivity index (χ1) is 8.24. The standard InChI is InChI=1S/C12H19N3OS/c1-17-8-4-2-3-6-15-12(16)10-5-7-14-11(13)9-10/h5,7,9H,2-4,6,8H2,1H3,(H2,13,14)(H,15,16). The lowest BCUT2D eigenvalue weighted by Gasteiger charge is -2.05. The van der Waals surface area contributed by atoms with Gasteiger partial charge in [0.15, 0.2) is 0 Å². The summed E-state index contributed by atoms with van der Waals surface area (Å²) in [5, 5.41) is 2.87. The molecule has 1 heterocycles. The number of anilines is 1. The molecule has 5 heteroatoms. The first kappa shape index (κ1) is 13.8. The minimum Gasteiger partial charge on any atom is -0.384 e. The summed E-state index contributed by atoms with van der Waals surface area (Å²) in [4.78, 5) is 15.5. The number of nitrogens with two attached hydrogens (primary N) is 1. The number of hydrogen-bond acceptors (Lipinski definition) is 4. The maximum absolute atomic E-state index is 11.7. The highest BCUT2D eigenvalue weighted by Gasteiger charge is 2.04. The lowest BCUT2D eigenvalue weighted by Crippen LogP contribution is -2.24. The van der Waals surface area contributed by atoms with Crippen molar-refractivity contribution in [2.24, 2.45) is 0 Å². The normalized spacial score (nSPS) is 10.2. The van der Waals surface area contributed by atoms with Gasteiger partial charge >= 0.3 is 0 Å². The van der Waals surface area contributed by atoms with Crippen molar-refractivity contribution in [1.82, 2.24) is 10.3 Å². The van der Waals surface area contributed by atoms with E-state index in [9.17, 15) is 4.79 Å². The molecule has 0 aromatic carbocycles. The van der Waals surface area contributed by atoms with Gasteiger partial charge in [-0.05, 0) is 37.0 Å². The first-order valence-corrected chi connectivity index (χ1v) is 7.12. The van der Waals surface area contributed by atoms with Gasteiger partial charge < -0.3 is 11.1 Å². The number of nitrogens with one attached hydrogen (secondary N) is 1. The van der Waals surface area contributed by atoms with Crippen LogP contribution in [-0.4, -0.2) is 29.4 Å². The van der Waals surface area contributed by atoms with Crippen molar-refractivity contribution in [3.8, 4) is 0 Å². The van der Waals surface area contributed by atoms with E-state index in [0.29, 0.717) is 11.4 Å². The van der Waals surface area contributed by atoms with Crippen LogP contribution in [0.1, 0.15) is 29.6 Å². The van der Waals surface area contributed by atoms with Crippen molar-refractivity contribution >= 4 is 23.5 Å². The molecule has 0 saturated heterocycles. The van der Waals surface area contributed by atoms with E-state index in [-0.39, 0.29) is 5.91 Å². The van der Waals surface area contributed by atoms with Crippen molar-refractivity contribution in [3.63, 3.8) is 0 Å². The highest BCUT2D eigenvalue weighted by Crippen LogP contribution is 2.04. The molecule has 1 aromatic rings. The summed E-state index contributed by atoms with van der Waals surface area (Å²) in [6, 6.07) is 3.25. The number of nitrogen functional groups attached to an aromatic ring is 1. The monoisotopic (exact) mass is 253 g/mol. The molecule has 0 aliphatic heterocycles. The highest BCUT2D eigenvalue weighted by molar-refractivity contribution is 7.98. The Kier molecular flexibility index (Phi) is 6.47. The van der Waals surface area contributed by atoms with Gasteiger partial charge in [0, 0.05) is 18.3 Å². The third-order valence-corrected chi connectivity index (χ3v) is 3.05. The fourth-order valence-corrected chi connectivity index (χ4v) is 1.93. The van der Waals surface area contributed by atoms with Crippen molar-refractivity contribution in [2.45, 2.75) is 19.3 Å². The number of nitrogens with zero attached hydrogens (tertiary/aromatic N) is 1. The molecule has 0 spiro atoms. The predicted octanol–water partition coefficient (Wildman–Crippen LogP) is 1.93. The molecule has 0 aliphatic rings. The number of thioether (sulfide) groups is 1. The van der Waals surface area contributed by atoms with Gasteiger partial charge in [-0.1, -0.05) is 6.42 Å². The summed E-state index contributed by atoms with van der Waals surface area (Å²) in [7, 11) is 0. The molecule has 1 rings (SSSR count). The zero-order chi connectivity index (χ0) is 12.5. The molecule has 3 N–H and O–H groups in total. The third kappa shape index (κ3) is 5.58. The van der Waals surface area contributed by atoms with Crippen LogP contribution >= 0.6 is 11.8 Å². The molecular weight excluding hydrogens is 234 g/mol. The van der Waals surface area contributed by atoms with Gasteiger partial charge in [-0.3, -0.25) is 4.79 Å². The Bertz CT molecular complexity index is 357. The maximum Gasteiger partial charge on any atom is 0.251 e. The van der Waals surface area contributed by atoms with Crippen molar-refractivity contribution < 1.29 is 4.79 Å². The number of amides is 1. The number of carbonyl (C=O) groups is 1. The Morgan fingerprint density at radius 1 is 1.47 bits per heavy atom. The van der Waals surface area contributed by atoms with Gasteiger partial charge in [-0.15, -0.1) is 0 Å². The maximum atomic E-state index is 11.7. The molecule has 0 radical (unpaired) electrons. The summed E-state index contributed by atoms with van der Waals surface area (Å²) in [5.74, 6) is 1.48. The number of hydrogen-bond donors (Lipinski definition) is 2. The number of rotatable bonds is 7. The van der Waals surface area contributed by atoms with E-state index in [1.54, 1.807) is 18.3 Å². The predicted molar refractivity (Wildman–Crippen MR) is 73.2 cm³/mol. The number of unbranched alkanes of at least 4 members (excludes halogenated alkanes) is 2. The van der Waals surface area contributed by atoms with Crippen molar-refractivity contribution in [2.75, 3.05) is 24.3 Å². The topological polar surface area (TPSA) is 68.0 Å². The molecule has 1 amide bonds. The lowest BCUT2D eigenvalue weighted by atomic mass is 10.2. The largest absolute Gasteiger partial charge is 0.384 e. The van der Waals surface area contributed by atoms with Crippen LogP contribution in [-0.2, 0) is 0 Å². The fraction of sp³-hybridized carbons (Fsp3) is 0.500. The molecule has 0 aliphatic carbocycles. The highest BCUT2D eigenvalue weighted by atomic mass is 32.2. The summed E-state index contributed by atoms with van der Waals surface area (Å²) >= 11 is 1.86. The Labute approximate surface area is 106 Å². The van der Waals surface area contributed by atoms with Gasteiger partial charge in [-0.25, -0.2) is 4.98 Å². The van der Waals surface area contributed by atoms with Gasteiger partial charge in [-0.2, -0.15) is 11.8 Å². The third-order valence-electron chi connectivity index (χ3n) is 2.35. The van der Waals surface area contributed by atoms with E-state index < -0.39 is 0 Å². The second-order valence-electron chi connectivity index (χ2n) is 3.78. The van der Waals surface area contributed by atoms with E-state index >= 15 is 0 Å². The average molecular weight is 253 g/mol. The van der Waals surface area contributed by atoms with Crippen LogP contribution in [0.4, 0.5) is 5.82 Å². The molecule has 0 unspecified atom stereocenters. The van der Waals surface area contributed by atoms with Crippen LogP contribution in [0.15, 0.2) is 18.3 Å². The molecule has 94 valence electrons. The minimum absolute atomic E-state index is 0.0797. The minimum atomic E-state index is -0.0797. The van der Waals surface area contributed by atoms with Gasteiger partial charge in [0.1, 0.15) is 5.82 Å². The second-order valence-corrected chi connectivity index (χ2v) is 4.76. The molecule has 4 nitrogen and oxygen atoms in total. The van der Waals surface area contributed by atoms with E-state index in [1.165, 1.54) is 12.2 Å². The van der Waals surface area contributed by atoms with Gasteiger partial charge in [0.25, 0.3) is 5.91 Å². The van der Waals surface area contributed by atoms with Crippen LogP contribution in [0.3, 0.4) is 0 Å². The van der Waals surface area contributed by atoms with Crippen molar-refractivity contribution in [1.29, 1.82) is 0 Å². The van der Waals surface area contributed by atoms with Gasteiger partial charge in [0.2, 0.25) is 0 Å². The Hall–Kier alpha value is -1.23. The molecule has 0 fully saturated rings. The molecule has 17 heavy (non-hydrogen) atoms. The van der Waals surface area contributed by atoms with Crippen LogP contribution in [0, 0.1) is 0 Å². The molecule has 0 bridgehead atoms. The zero-order valence-corrected chi connectivity index (χ0v) is 10.9. The summed E-state index contributed by atoms with van der Waals surface area (Å²) in [6.45, 7) is 0.718. The van der Waals surface area contributed by atoms with Crippen LogP contribution < -0.4 is 11.1 Å². The Morgan fingerprint density at radius 3 is 3.00 bits per heavy atom.